The maximum Gasteiger partial charge on any atom is 0.404 e. The Hall–Kier alpha value is -2.60. The van der Waals surface area contributed by atoms with Crippen molar-refractivity contribution in [2.24, 2.45) is 5.73 Å². The van der Waals surface area contributed by atoms with Gasteiger partial charge in [0.25, 0.3) is 0 Å². The van der Waals surface area contributed by atoms with E-state index in [0.29, 0.717) is 0 Å². The van der Waals surface area contributed by atoms with Crippen LogP contribution in [0.2, 0.25) is 0 Å². The first-order valence-corrected chi connectivity index (χ1v) is 6.66. The topological polar surface area (TPSA) is 80.5 Å². The number of aromatic nitrogens is 1. The summed E-state index contributed by atoms with van der Waals surface area (Å²) in [5, 5.41) is 2.09. The van der Waals surface area contributed by atoms with Gasteiger partial charge in [-0.15, -0.1) is 0 Å². The molecule has 2 heterocycles. The van der Waals surface area contributed by atoms with Crippen molar-refractivity contribution in [3.05, 3.63) is 59.3 Å². The molecular formula is C15H16N4O2. The molecule has 0 saturated carbocycles. The summed E-state index contributed by atoms with van der Waals surface area (Å²) in [6, 6.07) is 11.8. The molecule has 0 radical (unpaired) electrons. The fourth-order valence-electron chi connectivity index (χ4n) is 2.36. The third-order valence-corrected chi connectivity index (χ3v) is 3.31. The van der Waals surface area contributed by atoms with Gasteiger partial charge in [-0.25, -0.2) is 14.8 Å². The molecule has 0 spiro atoms. The summed E-state index contributed by atoms with van der Waals surface area (Å²) in [5.41, 5.74) is 11.6. The van der Waals surface area contributed by atoms with Crippen LogP contribution in [0.5, 0.6) is 0 Å². The molecular weight excluding hydrogens is 268 g/mol. The molecule has 1 aromatic carbocycles. The number of pyridine rings is 1. The van der Waals surface area contributed by atoms with E-state index in [1.165, 1.54) is 11.1 Å². The number of carbonyl (C=O) groups excluding carboxylic acids is 1. The highest BCUT2D eigenvalue weighted by molar-refractivity contribution is 5.64. The number of anilines is 1. The van der Waals surface area contributed by atoms with Crippen LogP contribution in [0, 0.1) is 0 Å². The lowest BCUT2D eigenvalue weighted by molar-refractivity contribution is 0.150. The molecule has 3 N–H and O–H groups in total. The molecule has 0 unspecified atom stereocenters. The second-order valence-corrected chi connectivity index (χ2v) is 4.89. The lowest BCUT2D eigenvalue weighted by atomic mass is 10.1. The van der Waals surface area contributed by atoms with Crippen molar-refractivity contribution >= 4 is 11.9 Å². The molecule has 0 atom stereocenters. The van der Waals surface area contributed by atoms with Crippen LogP contribution in [-0.2, 0) is 24.4 Å². The van der Waals surface area contributed by atoms with Gasteiger partial charge in [-0.05, 0) is 28.8 Å². The number of nitrogens with zero attached hydrogens (tertiary/aromatic N) is 2. The summed E-state index contributed by atoms with van der Waals surface area (Å²) in [4.78, 5) is 14.9. The average Bonchev–Trinajstić information content (AvgIpc) is 2.87. The molecule has 0 aliphatic carbocycles. The van der Waals surface area contributed by atoms with E-state index in [-0.39, 0.29) is 6.61 Å². The molecule has 2 aromatic rings. The number of carbonyl (C=O) groups is 1. The van der Waals surface area contributed by atoms with Gasteiger partial charge in [-0.1, -0.05) is 24.3 Å². The molecule has 0 bridgehead atoms. The van der Waals surface area contributed by atoms with Gasteiger partial charge in [0.15, 0.2) is 0 Å². The fourth-order valence-corrected chi connectivity index (χ4v) is 2.36. The summed E-state index contributed by atoms with van der Waals surface area (Å²) >= 11 is 0. The van der Waals surface area contributed by atoms with Crippen molar-refractivity contribution in [1.82, 2.24) is 9.99 Å². The van der Waals surface area contributed by atoms with Gasteiger partial charge in [-0.2, -0.15) is 0 Å². The summed E-state index contributed by atoms with van der Waals surface area (Å²) in [5.74, 6) is 0.822. The maximum absolute atomic E-state index is 10.6. The number of nitrogens with one attached hydrogen (secondary N) is 1. The van der Waals surface area contributed by atoms with Crippen LogP contribution in [0.25, 0.3) is 0 Å². The van der Waals surface area contributed by atoms with Crippen LogP contribution in [0.3, 0.4) is 0 Å². The molecule has 1 aliphatic heterocycles. The Labute approximate surface area is 122 Å². The quantitative estimate of drug-likeness (QED) is 0.897. The summed E-state index contributed by atoms with van der Waals surface area (Å²) in [6.45, 7) is 1.79. The van der Waals surface area contributed by atoms with E-state index < -0.39 is 6.09 Å². The number of ether oxygens (including phenoxy) is 1. The van der Waals surface area contributed by atoms with Crippen LogP contribution in [0.4, 0.5) is 10.6 Å². The molecule has 1 amide bonds. The van der Waals surface area contributed by atoms with E-state index in [0.717, 1.165) is 24.5 Å². The Bertz CT molecular complexity index is 645. The molecule has 3 rings (SSSR count). The third kappa shape index (κ3) is 3.29. The van der Waals surface area contributed by atoms with Gasteiger partial charge in [0.2, 0.25) is 0 Å². The van der Waals surface area contributed by atoms with Crippen LogP contribution >= 0.6 is 0 Å². The van der Waals surface area contributed by atoms with E-state index in [4.69, 9.17) is 10.5 Å². The number of hydrazine groups is 1. The lowest BCUT2D eigenvalue weighted by Crippen LogP contribution is -2.24. The summed E-state index contributed by atoms with van der Waals surface area (Å²) < 4.78 is 4.81. The van der Waals surface area contributed by atoms with Gasteiger partial charge in [0.05, 0.1) is 0 Å². The number of primary amides is 1. The minimum absolute atomic E-state index is 0.205. The Kier molecular flexibility index (Phi) is 3.70. The standard InChI is InChI=1S/C15H16N4O2/c16-15(20)21-10-11-4-5-12-8-19(9-13(12)7-11)18-14-3-1-2-6-17-14/h1-7H,8-10H2,(H2,16,20)(H,17,18). The van der Waals surface area contributed by atoms with Gasteiger partial charge in [0.1, 0.15) is 12.4 Å². The van der Waals surface area contributed by atoms with Crippen molar-refractivity contribution in [3.63, 3.8) is 0 Å². The second-order valence-electron chi connectivity index (χ2n) is 4.89. The Balaban J connectivity index is 1.65. The highest BCUT2D eigenvalue weighted by Crippen LogP contribution is 2.24. The monoisotopic (exact) mass is 284 g/mol. The van der Waals surface area contributed by atoms with Gasteiger partial charge >= 0.3 is 6.09 Å². The zero-order valence-corrected chi connectivity index (χ0v) is 11.5. The van der Waals surface area contributed by atoms with Crippen molar-refractivity contribution in [2.75, 3.05) is 5.43 Å². The van der Waals surface area contributed by atoms with Crippen molar-refractivity contribution in [3.8, 4) is 0 Å². The predicted octanol–water partition coefficient (Wildman–Crippen LogP) is 2.02. The largest absolute Gasteiger partial charge is 0.445 e. The average molecular weight is 284 g/mol. The first-order chi connectivity index (χ1) is 10.2. The number of fused-ring (bicyclic) bond motifs is 1. The van der Waals surface area contributed by atoms with E-state index in [2.05, 4.69) is 21.5 Å². The van der Waals surface area contributed by atoms with Crippen LogP contribution < -0.4 is 11.2 Å². The Morgan fingerprint density at radius 1 is 1.29 bits per heavy atom. The number of nitrogens with two attached hydrogens (primary N) is 1. The van der Waals surface area contributed by atoms with Crippen LogP contribution in [-0.4, -0.2) is 16.1 Å². The van der Waals surface area contributed by atoms with E-state index in [9.17, 15) is 4.79 Å². The zero-order chi connectivity index (χ0) is 14.7. The maximum atomic E-state index is 10.6. The van der Waals surface area contributed by atoms with Gasteiger partial charge in [-0.3, -0.25) is 0 Å². The Morgan fingerprint density at radius 3 is 2.90 bits per heavy atom. The smallest absolute Gasteiger partial charge is 0.404 e. The molecule has 6 heteroatoms. The van der Waals surface area contributed by atoms with Crippen molar-refractivity contribution in [1.29, 1.82) is 0 Å². The molecule has 21 heavy (non-hydrogen) atoms. The zero-order valence-electron chi connectivity index (χ0n) is 11.5. The number of benzene rings is 1. The highest BCUT2D eigenvalue weighted by atomic mass is 16.5. The normalized spacial score (nSPS) is 13.7. The third-order valence-electron chi connectivity index (χ3n) is 3.31. The van der Waals surface area contributed by atoms with Gasteiger partial charge in [0, 0.05) is 19.3 Å². The minimum Gasteiger partial charge on any atom is -0.445 e. The first kappa shape index (κ1) is 13.4. The van der Waals surface area contributed by atoms with Crippen LogP contribution in [0.1, 0.15) is 16.7 Å². The van der Waals surface area contributed by atoms with E-state index >= 15 is 0 Å². The van der Waals surface area contributed by atoms with E-state index in [1.807, 2.05) is 30.3 Å². The lowest BCUT2D eigenvalue weighted by Gasteiger charge is -2.16. The Morgan fingerprint density at radius 2 is 2.14 bits per heavy atom. The molecule has 1 aromatic heterocycles. The highest BCUT2D eigenvalue weighted by Gasteiger charge is 2.19. The molecule has 6 nitrogen and oxygen atoms in total. The first-order valence-electron chi connectivity index (χ1n) is 6.66. The number of hydrogen-bond donors (Lipinski definition) is 2. The van der Waals surface area contributed by atoms with Crippen molar-refractivity contribution < 1.29 is 9.53 Å². The van der Waals surface area contributed by atoms with Gasteiger partial charge < -0.3 is 15.9 Å². The minimum atomic E-state index is -0.756. The summed E-state index contributed by atoms with van der Waals surface area (Å²) in [7, 11) is 0. The number of amides is 1. The SMILES string of the molecule is NC(=O)OCc1ccc2c(c1)CN(Nc1ccccn1)C2. The van der Waals surface area contributed by atoms with Crippen LogP contribution in [0.15, 0.2) is 42.6 Å². The molecule has 0 saturated heterocycles. The number of rotatable bonds is 4. The number of hydrogen-bond acceptors (Lipinski definition) is 5. The summed E-state index contributed by atoms with van der Waals surface area (Å²) in [6.07, 6.45) is 0.999. The fraction of sp³-hybridized carbons (Fsp3) is 0.200. The molecule has 0 fully saturated rings. The van der Waals surface area contributed by atoms with E-state index in [1.54, 1.807) is 6.20 Å². The second kappa shape index (κ2) is 5.80. The molecule has 108 valence electrons. The van der Waals surface area contributed by atoms with Crippen molar-refractivity contribution in [2.45, 2.75) is 19.7 Å². The molecule has 1 aliphatic rings. The predicted molar refractivity (Wildman–Crippen MR) is 77.9 cm³/mol.